The van der Waals surface area contributed by atoms with Crippen molar-refractivity contribution in [3.05, 3.63) is 67.9 Å². The van der Waals surface area contributed by atoms with Crippen LogP contribution in [0.1, 0.15) is 11.1 Å². The van der Waals surface area contributed by atoms with Crippen LogP contribution < -0.4 is 5.43 Å². The lowest BCUT2D eigenvalue weighted by Crippen LogP contribution is -2.10. The molecule has 4 nitrogen and oxygen atoms in total. The lowest BCUT2D eigenvalue weighted by molar-refractivity contribution is 0.474. The van der Waals surface area contributed by atoms with Gasteiger partial charge in [0.1, 0.15) is 5.75 Å². The lowest BCUT2D eigenvalue weighted by atomic mass is 10.2. The highest BCUT2D eigenvalue weighted by Gasteiger charge is 2.09. The molecule has 0 bridgehead atoms. The Morgan fingerprint density at radius 1 is 1.13 bits per heavy atom. The predicted octanol–water partition coefficient (Wildman–Crippen LogP) is 4.94. The van der Waals surface area contributed by atoms with Crippen LogP contribution >= 0.6 is 43.6 Å². The van der Waals surface area contributed by atoms with E-state index < -0.39 is 0 Å². The number of nitrogens with zero attached hydrogens (tertiary/aromatic N) is 2. The van der Waals surface area contributed by atoms with Crippen molar-refractivity contribution in [2.24, 2.45) is 10.1 Å². The Morgan fingerprint density at radius 2 is 1.87 bits per heavy atom. The number of rotatable bonds is 2. The number of benzene rings is 2. The maximum absolute atomic E-state index is 9.92. The third-order valence-corrected chi connectivity index (χ3v) is 5.63. The molecule has 1 heterocycles. The van der Waals surface area contributed by atoms with E-state index in [1.165, 1.54) is 11.8 Å². The monoisotopic (exact) mass is 451 g/mol. The van der Waals surface area contributed by atoms with E-state index in [1.807, 2.05) is 35.7 Å². The van der Waals surface area contributed by atoms with Gasteiger partial charge in [0.25, 0.3) is 0 Å². The van der Waals surface area contributed by atoms with Gasteiger partial charge in [-0.3, -0.25) is 5.43 Å². The zero-order valence-electron chi connectivity index (χ0n) is 11.7. The summed E-state index contributed by atoms with van der Waals surface area (Å²) in [6.45, 7) is 0. The Morgan fingerprint density at radius 3 is 2.57 bits per heavy atom. The standard InChI is InChI=1S/C16H11Br2N3OS/c17-12-6-11(15(22)7-13(12)18)8-19-16-21-20-14(9-23-16)10-4-2-1-3-5-10/h1-9,20,22H. The number of hydrogen-bond acceptors (Lipinski definition) is 5. The average molecular weight is 453 g/mol. The molecule has 0 aromatic heterocycles. The molecular formula is C16H11Br2N3OS. The van der Waals surface area contributed by atoms with Crippen LogP contribution in [0.3, 0.4) is 0 Å². The number of hydrazone groups is 1. The number of amidine groups is 1. The van der Waals surface area contributed by atoms with Crippen LogP contribution in [0.2, 0.25) is 0 Å². The molecule has 116 valence electrons. The van der Waals surface area contributed by atoms with Gasteiger partial charge in [-0.2, -0.15) is 0 Å². The van der Waals surface area contributed by atoms with Crippen molar-refractivity contribution in [3.8, 4) is 5.75 Å². The fraction of sp³-hybridized carbons (Fsp3) is 0. The zero-order valence-corrected chi connectivity index (χ0v) is 15.7. The average Bonchev–Trinajstić information content (AvgIpc) is 2.58. The summed E-state index contributed by atoms with van der Waals surface area (Å²) in [7, 11) is 0. The third-order valence-electron chi connectivity index (χ3n) is 3.02. The number of thioether (sulfide) groups is 1. The molecule has 0 aliphatic carbocycles. The van der Waals surface area contributed by atoms with E-state index in [0.29, 0.717) is 10.7 Å². The minimum atomic E-state index is 0.152. The van der Waals surface area contributed by atoms with Crippen molar-refractivity contribution < 1.29 is 5.11 Å². The largest absolute Gasteiger partial charge is 0.507 e. The highest BCUT2D eigenvalue weighted by molar-refractivity contribution is 9.13. The summed E-state index contributed by atoms with van der Waals surface area (Å²) >= 11 is 8.17. The molecular weight excluding hydrogens is 442 g/mol. The summed E-state index contributed by atoms with van der Waals surface area (Å²) in [6, 6.07) is 13.4. The fourth-order valence-corrected chi connectivity index (χ4v) is 3.18. The second kappa shape index (κ2) is 7.33. The maximum atomic E-state index is 9.92. The molecule has 2 N–H and O–H groups in total. The number of aromatic hydroxyl groups is 1. The van der Waals surface area contributed by atoms with E-state index in [4.69, 9.17) is 0 Å². The summed E-state index contributed by atoms with van der Waals surface area (Å²) in [4.78, 5) is 4.30. The van der Waals surface area contributed by atoms with Gasteiger partial charge in [0.2, 0.25) is 5.17 Å². The molecule has 3 rings (SSSR count). The van der Waals surface area contributed by atoms with Crippen LogP contribution in [0.15, 0.2) is 66.9 Å². The van der Waals surface area contributed by atoms with Gasteiger partial charge in [-0.05, 0) is 44.0 Å². The normalized spacial score (nSPS) is 14.3. The minimum Gasteiger partial charge on any atom is -0.507 e. The molecule has 2 aromatic carbocycles. The zero-order chi connectivity index (χ0) is 16.2. The van der Waals surface area contributed by atoms with Crippen molar-refractivity contribution in [3.63, 3.8) is 0 Å². The van der Waals surface area contributed by atoms with Crippen LogP contribution in [0.25, 0.3) is 5.70 Å². The van der Waals surface area contributed by atoms with Crippen LogP contribution in [-0.2, 0) is 0 Å². The molecule has 23 heavy (non-hydrogen) atoms. The Balaban J connectivity index is 1.71. The Bertz CT molecular complexity index is 820. The third kappa shape index (κ3) is 4.04. The van der Waals surface area contributed by atoms with Gasteiger partial charge in [-0.25, -0.2) is 4.99 Å². The van der Waals surface area contributed by atoms with Crippen molar-refractivity contribution in [2.75, 3.05) is 0 Å². The quantitative estimate of drug-likeness (QED) is 0.634. The molecule has 0 atom stereocenters. The van der Waals surface area contributed by atoms with Crippen LogP contribution in [0, 0.1) is 0 Å². The Labute approximate surface area is 154 Å². The van der Waals surface area contributed by atoms with E-state index in [0.717, 1.165) is 20.2 Å². The van der Waals surface area contributed by atoms with Gasteiger partial charge in [-0.1, -0.05) is 42.1 Å². The SMILES string of the molecule is Oc1cc(Br)c(Br)cc1C=NC1=NNC(c2ccccc2)=CS1. The number of phenols is 1. The van der Waals surface area contributed by atoms with E-state index in [-0.39, 0.29) is 5.75 Å². The molecule has 0 amide bonds. The summed E-state index contributed by atoms with van der Waals surface area (Å²) in [5.74, 6) is 0.152. The molecule has 0 saturated carbocycles. The second-order valence-electron chi connectivity index (χ2n) is 4.60. The second-order valence-corrected chi connectivity index (χ2v) is 7.15. The van der Waals surface area contributed by atoms with Crippen molar-refractivity contribution in [1.82, 2.24) is 5.43 Å². The predicted molar refractivity (Wildman–Crippen MR) is 104 cm³/mol. The summed E-state index contributed by atoms with van der Waals surface area (Å²) in [5, 5.41) is 16.7. The molecule has 0 saturated heterocycles. The van der Waals surface area contributed by atoms with Crippen LogP contribution in [0.5, 0.6) is 5.75 Å². The molecule has 7 heteroatoms. The number of halogens is 2. The van der Waals surface area contributed by atoms with Crippen LogP contribution in [0.4, 0.5) is 0 Å². The number of hydrogen-bond donors (Lipinski definition) is 2. The number of phenolic OH excluding ortho intramolecular Hbond substituents is 1. The van der Waals surface area contributed by atoms with Gasteiger partial charge in [-0.15, -0.1) is 5.10 Å². The number of aliphatic imine (C=N–C) groups is 1. The van der Waals surface area contributed by atoms with Gasteiger partial charge < -0.3 is 5.11 Å². The first-order valence-electron chi connectivity index (χ1n) is 6.61. The Hall–Kier alpha value is -1.57. The van der Waals surface area contributed by atoms with E-state index in [2.05, 4.69) is 47.4 Å². The van der Waals surface area contributed by atoms with Gasteiger partial charge in [0.15, 0.2) is 0 Å². The lowest BCUT2D eigenvalue weighted by Gasteiger charge is -2.11. The first kappa shape index (κ1) is 16.3. The highest BCUT2D eigenvalue weighted by atomic mass is 79.9. The van der Waals surface area contributed by atoms with Gasteiger partial charge in [0.05, 0.1) is 5.70 Å². The van der Waals surface area contributed by atoms with Gasteiger partial charge in [0, 0.05) is 31.7 Å². The van der Waals surface area contributed by atoms with Crippen LogP contribution in [-0.4, -0.2) is 16.5 Å². The molecule has 1 aliphatic rings. The smallest absolute Gasteiger partial charge is 0.210 e. The molecule has 2 aromatic rings. The minimum absolute atomic E-state index is 0.152. The van der Waals surface area contributed by atoms with E-state index in [9.17, 15) is 5.11 Å². The summed E-state index contributed by atoms with van der Waals surface area (Å²) in [5.41, 5.74) is 5.61. The number of nitrogens with one attached hydrogen (secondary N) is 1. The molecule has 0 fully saturated rings. The highest BCUT2D eigenvalue weighted by Crippen LogP contribution is 2.30. The molecule has 0 spiro atoms. The van der Waals surface area contributed by atoms with Crippen molar-refractivity contribution in [1.29, 1.82) is 0 Å². The summed E-state index contributed by atoms with van der Waals surface area (Å²) in [6.07, 6.45) is 1.58. The molecule has 0 unspecified atom stereocenters. The maximum Gasteiger partial charge on any atom is 0.210 e. The van der Waals surface area contributed by atoms with E-state index in [1.54, 1.807) is 18.3 Å². The van der Waals surface area contributed by atoms with E-state index >= 15 is 0 Å². The van der Waals surface area contributed by atoms with Crippen molar-refractivity contribution in [2.45, 2.75) is 0 Å². The summed E-state index contributed by atoms with van der Waals surface area (Å²) < 4.78 is 1.63. The Kier molecular flexibility index (Phi) is 5.20. The van der Waals surface area contributed by atoms with Gasteiger partial charge >= 0.3 is 0 Å². The molecule has 0 radical (unpaired) electrons. The first-order valence-corrected chi connectivity index (χ1v) is 9.08. The first-order chi connectivity index (χ1) is 11.1. The van der Waals surface area contributed by atoms with Crippen molar-refractivity contribution >= 4 is 60.7 Å². The fourth-order valence-electron chi connectivity index (χ4n) is 1.86. The topological polar surface area (TPSA) is 57.0 Å². The molecule has 1 aliphatic heterocycles.